The van der Waals surface area contributed by atoms with Gasteiger partial charge in [0, 0.05) is 9.26 Å². The van der Waals surface area contributed by atoms with Crippen LogP contribution in [-0.4, -0.2) is 18.1 Å². The van der Waals surface area contributed by atoms with Gasteiger partial charge in [-0.25, -0.2) is 4.39 Å². The molecule has 5 heteroatoms. The number of carbonyl (C=O) groups is 1. The maximum Gasteiger partial charge on any atom is 0.325 e. The van der Waals surface area contributed by atoms with E-state index in [1.54, 1.807) is 6.07 Å². The standard InChI is InChI=1S/C12H15FINO2/c1-12(2,3)17-11(16)7-15-10-5-4-8(13)6-9(10)14/h4-6,15H,7H2,1-3H3. The van der Waals surface area contributed by atoms with Gasteiger partial charge in [0.25, 0.3) is 0 Å². The van der Waals surface area contributed by atoms with Crippen LogP contribution in [-0.2, 0) is 9.53 Å². The third-order valence-corrected chi connectivity index (χ3v) is 2.67. The van der Waals surface area contributed by atoms with Crippen LogP contribution < -0.4 is 5.32 Å². The minimum Gasteiger partial charge on any atom is -0.459 e. The molecule has 0 fully saturated rings. The Morgan fingerprint density at radius 3 is 2.65 bits per heavy atom. The molecule has 0 atom stereocenters. The van der Waals surface area contributed by atoms with Crippen molar-refractivity contribution >= 4 is 34.2 Å². The molecule has 94 valence electrons. The first kappa shape index (κ1) is 14.2. The molecule has 1 aromatic rings. The van der Waals surface area contributed by atoms with Crippen molar-refractivity contribution in [3.63, 3.8) is 0 Å². The molecule has 3 nitrogen and oxygen atoms in total. The zero-order chi connectivity index (χ0) is 13.1. The predicted molar refractivity (Wildman–Crippen MR) is 73.5 cm³/mol. The van der Waals surface area contributed by atoms with Crippen molar-refractivity contribution < 1.29 is 13.9 Å². The van der Waals surface area contributed by atoms with Crippen LogP contribution in [0.25, 0.3) is 0 Å². The van der Waals surface area contributed by atoms with E-state index in [-0.39, 0.29) is 18.3 Å². The fraction of sp³-hybridized carbons (Fsp3) is 0.417. The lowest BCUT2D eigenvalue weighted by Crippen LogP contribution is -2.28. The molecule has 0 aliphatic rings. The second kappa shape index (κ2) is 5.66. The first-order valence-electron chi connectivity index (χ1n) is 5.19. The lowest BCUT2D eigenvalue weighted by molar-refractivity contribution is -0.152. The second-order valence-corrected chi connectivity index (χ2v) is 5.73. The van der Waals surface area contributed by atoms with Crippen molar-refractivity contribution in [2.24, 2.45) is 0 Å². The highest BCUT2D eigenvalue weighted by Crippen LogP contribution is 2.18. The van der Waals surface area contributed by atoms with Crippen LogP contribution in [0.15, 0.2) is 18.2 Å². The number of benzene rings is 1. The summed E-state index contributed by atoms with van der Waals surface area (Å²) < 4.78 is 18.7. The van der Waals surface area contributed by atoms with Crippen LogP contribution in [0.2, 0.25) is 0 Å². The summed E-state index contributed by atoms with van der Waals surface area (Å²) in [5, 5.41) is 2.91. The molecule has 17 heavy (non-hydrogen) atoms. The van der Waals surface area contributed by atoms with E-state index in [9.17, 15) is 9.18 Å². The average Bonchev–Trinajstić information content (AvgIpc) is 2.13. The molecular formula is C12H15FINO2. The fourth-order valence-corrected chi connectivity index (χ4v) is 1.85. The summed E-state index contributed by atoms with van der Waals surface area (Å²) in [5.74, 6) is -0.630. The number of carbonyl (C=O) groups excluding carboxylic acids is 1. The number of hydrogen-bond acceptors (Lipinski definition) is 3. The summed E-state index contributed by atoms with van der Waals surface area (Å²) in [4.78, 5) is 11.4. The molecule has 0 amide bonds. The van der Waals surface area contributed by atoms with E-state index in [1.807, 2.05) is 43.4 Å². The van der Waals surface area contributed by atoms with E-state index in [1.165, 1.54) is 12.1 Å². The van der Waals surface area contributed by atoms with E-state index < -0.39 is 5.60 Å². The normalized spacial score (nSPS) is 11.1. The molecule has 1 aromatic carbocycles. The quantitative estimate of drug-likeness (QED) is 0.672. The van der Waals surface area contributed by atoms with Crippen molar-refractivity contribution in [1.82, 2.24) is 0 Å². The zero-order valence-electron chi connectivity index (χ0n) is 10.0. The third kappa shape index (κ3) is 5.34. The maximum absolute atomic E-state index is 12.8. The van der Waals surface area contributed by atoms with Crippen molar-refractivity contribution in [3.8, 4) is 0 Å². The van der Waals surface area contributed by atoms with E-state index in [4.69, 9.17) is 4.74 Å². The highest BCUT2D eigenvalue weighted by Gasteiger charge is 2.16. The van der Waals surface area contributed by atoms with Gasteiger partial charge in [-0.05, 0) is 61.6 Å². The van der Waals surface area contributed by atoms with E-state index in [0.29, 0.717) is 0 Å². The highest BCUT2D eigenvalue weighted by atomic mass is 127. The summed E-state index contributed by atoms with van der Waals surface area (Å²) in [6, 6.07) is 4.35. The number of nitrogens with one attached hydrogen (secondary N) is 1. The summed E-state index contributed by atoms with van der Waals surface area (Å²) >= 11 is 2.01. The molecule has 0 spiro atoms. The Hall–Kier alpha value is -0.850. The van der Waals surface area contributed by atoms with Gasteiger partial charge in [0.1, 0.15) is 18.0 Å². The molecular weight excluding hydrogens is 336 g/mol. The molecule has 0 aromatic heterocycles. The smallest absolute Gasteiger partial charge is 0.325 e. The minimum absolute atomic E-state index is 0.0684. The van der Waals surface area contributed by atoms with Gasteiger partial charge in [0.05, 0.1) is 0 Å². The van der Waals surface area contributed by atoms with Crippen LogP contribution in [0.5, 0.6) is 0 Å². The van der Waals surface area contributed by atoms with E-state index in [2.05, 4.69) is 5.32 Å². The van der Waals surface area contributed by atoms with Gasteiger partial charge in [-0.2, -0.15) is 0 Å². The Labute approximate surface area is 114 Å². The fourth-order valence-electron chi connectivity index (χ4n) is 1.18. The first-order chi connectivity index (χ1) is 7.78. The number of halogens is 2. The van der Waals surface area contributed by atoms with Gasteiger partial charge in [-0.15, -0.1) is 0 Å². The summed E-state index contributed by atoms with van der Waals surface area (Å²) in [5.41, 5.74) is 0.229. The van der Waals surface area contributed by atoms with Crippen LogP contribution in [0.4, 0.5) is 10.1 Å². The largest absolute Gasteiger partial charge is 0.459 e. The van der Waals surface area contributed by atoms with Gasteiger partial charge in [0.15, 0.2) is 0 Å². The molecule has 0 heterocycles. The zero-order valence-corrected chi connectivity index (χ0v) is 12.2. The minimum atomic E-state index is -0.491. The maximum atomic E-state index is 12.8. The van der Waals surface area contributed by atoms with Crippen molar-refractivity contribution in [1.29, 1.82) is 0 Å². The topological polar surface area (TPSA) is 38.3 Å². The molecule has 0 saturated carbocycles. The van der Waals surface area contributed by atoms with Crippen LogP contribution in [0.3, 0.4) is 0 Å². The average molecular weight is 351 g/mol. The Kier molecular flexibility index (Phi) is 4.73. The van der Waals surface area contributed by atoms with Crippen LogP contribution in [0, 0.1) is 9.39 Å². The monoisotopic (exact) mass is 351 g/mol. The van der Waals surface area contributed by atoms with Crippen LogP contribution in [0.1, 0.15) is 20.8 Å². The van der Waals surface area contributed by atoms with Crippen molar-refractivity contribution in [2.75, 3.05) is 11.9 Å². The Balaban J connectivity index is 2.53. The third-order valence-electron chi connectivity index (χ3n) is 1.77. The van der Waals surface area contributed by atoms with Gasteiger partial charge >= 0.3 is 5.97 Å². The molecule has 1 rings (SSSR count). The lowest BCUT2D eigenvalue weighted by atomic mass is 10.2. The Morgan fingerprint density at radius 2 is 2.12 bits per heavy atom. The SMILES string of the molecule is CC(C)(C)OC(=O)CNc1ccc(F)cc1I. The van der Waals surface area contributed by atoms with Crippen LogP contribution >= 0.6 is 22.6 Å². The Bertz CT molecular complexity index is 415. The van der Waals surface area contributed by atoms with Crippen molar-refractivity contribution in [2.45, 2.75) is 26.4 Å². The van der Waals surface area contributed by atoms with Crippen molar-refractivity contribution in [3.05, 3.63) is 27.6 Å². The van der Waals surface area contributed by atoms with E-state index >= 15 is 0 Å². The molecule has 0 aliphatic carbocycles. The second-order valence-electron chi connectivity index (χ2n) is 4.56. The molecule has 0 radical (unpaired) electrons. The Morgan fingerprint density at radius 1 is 1.47 bits per heavy atom. The molecule has 1 N–H and O–H groups in total. The number of rotatable bonds is 3. The summed E-state index contributed by atoms with van der Waals surface area (Å²) in [6.07, 6.45) is 0. The molecule has 0 aliphatic heterocycles. The number of esters is 1. The van der Waals surface area contributed by atoms with E-state index in [0.717, 1.165) is 9.26 Å². The summed E-state index contributed by atoms with van der Waals surface area (Å²) in [6.45, 7) is 5.50. The summed E-state index contributed by atoms with van der Waals surface area (Å²) in [7, 11) is 0. The molecule has 0 bridgehead atoms. The predicted octanol–water partition coefficient (Wildman–Crippen LogP) is 3.18. The first-order valence-corrected chi connectivity index (χ1v) is 6.26. The number of anilines is 1. The van der Waals surface area contributed by atoms with Gasteiger partial charge in [0.2, 0.25) is 0 Å². The van der Waals surface area contributed by atoms with Gasteiger partial charge in [-0.3, -0.25) is 4.79 Å². The lowest BCUT2D eigenvalue weighted by Gasteiger charge is -2.19. The van der Waals surface area contributed by atoms with Gasteiger partial charge < -0.3 is 10.1 Å². The highest BCUT2D eigenvalue weighted by molar-refractivity contribution is 14.1. The molecule has 0 unspecified atom stereocenters. The number of hydrogen-bond donors (Lipinski definition) is 1. The molecule has 0 saturated heterocycles. The number of ether oxygens (including phenoxy) is 1. The van der Waals surface area contributed by atoms with Gasteiger partial charge in [-0.1, -0.05) is 0 Å².